The van der Waals surface area contributed by atoms with Crippen LogP contribution in [0.2, 0.25) is 5.02 Å². The average Bonchev–Trinajstić information content (AvgIpc) is 2.28. The molecule has 0 N–H and O–H groups in total. The van der Waals surface area contributed by atoms with Crippen LogP contribution in [0.4, 0.5) is 4.39 Å². The van der Waals surface area contributed by atoms with Gasteiger partial charge in [-0.1, -0.05) is 34.5 Å². The maximum atomic E-state index is 13.7. The van der Waals surface area contributed by atoms with E-state index in [0.717, 1.165) is 17.9 Å². The van der Waals surface area contributed by atoms with E-state index < -0.39 is 0 Å². The molecule has 3 unspecified atom stereocenters. The summed E-state index contributed by atoms with van der Waals surface area (Å²) in [7, 11) is 0. The predicted molar refractivity (Wildman–Crippen MR) is 74.3 cm³/mol. The van der Waals surface area contributed by atoms with Gasteiger partial charge in [-0.2, -0.15) is 0 Å². The molecule has 1 fully saturated rings. The van der Waals surface area contributed by atoms with Gasteiger partial charge in [-0.15, -0.1) is 0 Å². The van der Waals surface area contributed by atoms with Crippen LogP contribution < -0.4 is 0 Å². The number of halogens is 3. The van der Waals surface area contributed by atoms with Crippen molar-refractivity contribution in [1.29, 1.82) is 0 Å². The lowest BCUT2D eigenvalue weighted by Gasteiger charge is -2.31. The van der Waals surface area contributed by atoms with Crippen molar-refractivity contribution < 1.29 is 4.39 Å². The van der Waals surface area contributed by atoms with Crippen molar-refractivity contribution >= 4 is 27.5 Å². The van der Waals surface area contributed by atoms with E-state index in [4.69, 9.17) is 11.6 Å². The van der Waals surface area contributed by atoms with Crippen LogP contribution in [0.5, 0.6) is 0 Å². The second-order valence-electron chi connectivity index (χ2n) is 5.13. The minimum Gasteiger partial charge on any atom is -0.207 e. The summed E-state index contributed by atoms with van der Waals surface area (Å²) >= 11 is 9.65. The molecule has 0 spiro atoms. The minimum atomic E-state index is -0.132. The van der Waals surface area contributed by atoms with Crippen molar-refractivity contribution in [2.45, 2.75) is 37.4 Å². The van der Waals surface area contributed by atoms with Crippen molar-refractivity contribution in [2.24, 2.45) is 11.8 Å². The van der Waals surface area contributed by atoms with Crippen LogP contribution in [0.25, 0.3) is 0 Å². The summed E-state index contributed by atoms with van der Waals surface area (Å²) < 4.78 is 13.7. The lowest BCUT2D eigenvalue weighted by molar-refractivity contribution is 0.292. The topological polar surface area (TPSA) is 0 Å². The summed E-state index contributed by atoms with van der Waals surface area (Å²) in [6, 6.07) is 4.83. The molecule has 3 heteroatoms. The molecule has 17 heavy (non-hydrogen) atoms. The molecule has 1 saturated carbocycles. The van der Waals surface area contributed by atoms with Gasteiger partial charge in [0.2, 0.25) is 0 Å². The fourth-order valence-corrected chi connectivity index (χ4v) is 3.52. The highest BCUT2D eigenvalue weighted by Gasteiger charge is 2.27. The number of alkyl halides is 1. The van der Waals surface area contributed by atoms with Gasteiger partial charge in [0.1, 0.15) is 5.82 Å². The average molecular weight is 320 g/mol. The Kier molecular flexibility index (Phi) is 4.48. The van der Waals surface area contributed by atoms with E-state index in [1.54, 1.807) is 12.1 Å². The van der Waals surface area contributed by atoms with Gasteiger partial charge in [-0.3, -0.25) is 0 Å². The molecule has 1 aliphatic carbocycles. The fraction of sp³-hybridized carbons (Fsp3) is 0.571. The number of hydrogen-bond donors (Lipinski definition) is 0. The van der Waals surface area contributed by atoms with Crippen molar-refractivity contribution in [3.8, 4) is 0 Å². The molecule has 3 atom stereocenters. The van der Waals surface area contributed by atoms with Crippen molar-refractivity contribution in [2.75, 3.05) is 0 Å². The van der Waals surface area contributed by atoms with Gasteiger partial charge in [0.15, 0.2) is 0 Å². The summed E-state index contributed by atoms with van der Waals surface area (Å²) in [5, 5.41) is 0.622. The van der Waals surface area contributed by atoms with E-state index in [2.05, 4.69) is 22.9 Å². The van der Waals surface area contributed by atoms with E-state index in [1.807, 2.05) is 0 Å². The van der Waals surface area contributed by atoms with E-state index >= 15 is 0 Å². The Morgan fingerprint density at radius 1 is 1.41 bits per heavy atom. The van der Waals surface area contributed by atoms with Gasteiger partial charge in [0, 0.05) is 9.85 Å². The summed E-state index contributed by atoms with van der Waals surface area (Å²) in [4.78, 5) is 0.511. The Morgan fingerprint density at radius 2 is 2.18 bits per heavy atom. The van der Waals surface area contributed by atoms with Crippen molar-refractivity contribution in [3.63, 3.8) is 0 Å². The minimum absolute atomic E-state index is 0.132. The lowest BCUT2D eigenvalue weighted by Crippen LogP contribution is -2.25. The molecule has 1 aromatic carbocycles. The van der Waals surface area contributed by atoms with Crippen LogP contribution in [0.3, 0.4) is 0 Å². The SMILES string of the molecule is CC1CCC(Br)C(Cc2cc(Cl)ccc2F)C1. The van der Waals surface area contributed by atoms with E-state index in [9.17, 15) is 4.39 Å². The molecule has 0 saturated heterocycles. The number of hydrogen-bond acceptors (Lipinski definition) is 0. The fourth-order valence-electron chi connectivity index (χ4n) is 2.66. The van der Waals surface area contributed by atoms with E-state index in [-0.39, 0.29) is 5.82 Å². The summed E-state index contributed by atoms with van der Waals surface area (Å²) in [6.07, 6.45) is 4.41. The zero-order valence-corrected chi connectivity index (χ0v) is 12.3. The highest BCUT2D eigenvalue weighted by molar-refractivity contribution is 9.09. The number of rotatable bonds is 2. The Balaban J connectivity index is 2.11. The van der Waals surface area contributed by atoms with Gasteiger partial charge >= 0.3 is 0 Å². The molecule has 0 aromatic heterocycles. The highest BCUT2D eigenvalue weighted by Crippen LogP contribution is 2.36. The number of benzene rings is 1. The molecule has 1 aliphatic rings. The summed E-state index contributed by atoms with van der Waals surface area (Å²) in [5.41, 5.74) is 0.751. The molecule has 0 amide bonds. The van der Waals surface area contributed by atoms with Crippen LogP contribution in [-0.4, -0.2) is 4.83 Å². The summed E-state index contributed by atoms with van der Waals surface area (Å²) in [5.74, 6) is 1.13. The quantitative estimate of drug-likeness (QED) is 0.655. The molecule has 0 bridgehead atoms. The standard InChI is InChI=1S/C14H17BrClF/c1-9-2-4-13(15)10(6-9)7-11-8-12(16)3-5-14(11)17/h3,5,8-10,13H,2,4,6-7H2,1H3. The Morgan fingerprint density at radius 3 is 2.94 bits per heavy atom. The van der Waals surface area contributed by atoms with Gasteiger partial charge in [0.25, 0.3) is 0 Å². The third-order valence-corrected chi connectivity index (χ3v) is 5.08. The normalized spacial score (nSPS) is 29.3. The molecule has 0 nitrogen and oxygen atoms in total. The predicted octanol–water partition coefficient (Wildman–Crippen LogP) is 5.22. The van der Waals surface area contributed by atoms with Gasteiger partial charge in [-0.25, -0.2) is 4.39 Å². The maximum Gasteiger partial charge on any atom is 0.126 e. The van der Waals surface area contributed by atoms with Gasteiger partial charge in [-0.05, 0) is 61.3 Å². The first-order valence-electron chi connectivity index (χ1n) is 6.14. The second-order valence-corrected chi connectivity index (χ2v) is 6.75. The van der Waals surface area contributed by atoms with Crippen LogP contribution in [0.1, 0.15) is 31.7 Å². The molecule has 1 aromatic rings. The van der Waals surface area contributed by atoms with E-state index in [1.165, 1.54) is 25.3 Å². The smallest absolute Gasteiger partial charge is 0.126 e. The van der Waals surface area contributed by atoms with Crippen LogP contribution in [-0.2, 0) is 6.42 Å². The van der Waals surface area contributed by atoms with Crippen molar-refractivity contribution in [3.05, 3.63) is 34.6 Å². The van der Waals surface area contributed by atoms with Crippen molar-refractivity contribution in [1.82, 2.24) is 0 Å². The molecular formula is C14H17BrClF. The van der Waals surface area contributed by atoms with Crippen LogP contribution >= 0.6 is 27.5 Å². The monoisotopic (exact) mass is 318 g/mol. The third-order valence-electron chi connectivity index (χ3n) is 3.64. The molecular weight excluding hydrogens is 303 g/mol. The summed E-state index contributed by atoms with van der Waals surface area (Å²) in [6.45, 7) is 2.28. The molecule has 2 rings (SSSR count). The van der Waals surface area contributed by atoms with Gasteiger partial charge in [0.05, 0.1) is 0 Å². The lowest BCUT2D eigenvalue weighted by atomic mass is 9.79. The first-order chi connectivity index (χ1) is 8.06. The Labute approximate surface area is 116 Å². The first-order valence-corrected chi connectivity index (χ1v) is 7.43. The van der Waals surface area contributed by atoms with Crippen LogP contribution in [0.15, 0.2) is 18.2 Å². The zero-order chi connectivity index (χ0) is 12.4. The Hall–Kier alpha value is -0.0800. The molecule has 0 heterocycles. The zero-order valence-electron chi connectivity index (χ0n) is 9.93. The highest BCUT2D eigenvalue weighted by atomic mass is 79.9. The maximum absolute atomic E-state index is 13.7. The van der Waals surface area contributed by atoms with Crippen LogP contribution in [0, 0.1) is 17.7 Å². The second kappa shape index (κ2) is 5.71. The van der Waals surface area contributed by atoms with Gasteiger partial charge < -0.3 is 0 Å². The largest absolute Gasteiger partial charge is 0.207 e. The van der Waals surface area contributed by atoms with E-state index in [0.29, 0.717) is 15.8 Å². The third kappa shape index (κ3) is 3.45. The molecule has 0 radical (unpaired) electrons. The first kappa shape index (κ1) is 13.4. The Bertz CT molecular complexity index is 394. The molecule has 94 valence electrons. The molecule has 0 aliphatic heterocycles.